The lowest BCUT2D eigenvalue weighted by molar-refractivity contribution is 0.102. The van der Waals surface area contributed by atoms with Gasteiger partial charge in [0.25, 0.3) is 5.91 Å². The van der Waals surface area contributed by atoms with E-state index in [0.29, 0.717) is 23.1 Å². The Balaban J connectivity index is 1.52. The van der Waals surface area contributed by atoms with Crippen molar-refractivity contribution in [2.75, 3.05) is 38.5 Å². The van der Waals surface area contributed by atoms with E-state index in [-0.39, 0.29) is 5.91 Å². The molecule has 0 bridgehead atoms. The molecule has 1 aromatic heterocycles. The van der Waals surface area contributed by atoms with Crippen LogP contribution in [-0.2, 0) is 13.1 Å². The van der Waals surface area contributed by atoms with Crippen molar-refractivity contribution >= 4 is 22.6 Å². The molecule has 2 N–H and O–H groups in total. The van der Waals surface area contributed by atoms with Crippen LogP contribution in [-0.4, -0.2) is 58.5 Å². The van der Waals surface area contributed by atoms with Gasteiger partial charge in [-0.1, -0.05) is 12.1 Å². The molecule has 162 valence electrons. The summed E-state index contributed by atoms with van der Waals surface area (Å²) >= 11 is 0. The van der Waals surface area contributed by atoms with Crippen molar-refractivity contribution in [2.45, 2.75) is 20.0 Å². The summed E-state index contributed by atoms with van der Waals surface area (Å²) in [4.78, 5) is 44.0. The van der Waals surface area contributed by atoms with Gasteiger partial charge in [0.05, 0.1) is 11.0 Å². The largest absolute Gasteiger partial charge is 0.322 e. The third-order valence-corrected chi connectivity index (χ3v) is 5.74. The summed E-state index contributed by atoms with van der Waals surface area (Å²) in [6, 6.07) is 12.8. The van der Waals surface area contributed by atoms with E-state index >= 15 is 0 Å². The molecule has 0 spiro atoms. The molecule has 1 aliphatic rings. The molecule has 3 aromatic rings. The Morgan fingerprint density at radius 2 is 1.84 bits per heavy atom. The van der Waals surface area contributed by atoms with Crippen LogP contribution >= 0.6 is 0 Å². The number of fused-ring (bicyclic) bond motifs is 1. The normalized spacial score (nSPS) is 15.3. The van der Waals surface area contributed by atoms with Crippen molar-refractivity contribution in [2.24, 2.45) is 0 Å². The number of rotatable bonds is 5. The molecule has 1 saturated heterocycles. The van der Waals surface area contributed by atoms with Gasteiger partial charge in [-0.05, 0) is 49.9 Å². The summed E-state index contributed by atoms with van der Waals surface area (Å²) in [7, 11) is 2.14. The molecule has 0 saturated carbocycles. The van der Waals surface area contributed by atoms with Crippen LogP contribution < -0.4 is 16.4 Å². The fraction of sp³-hybridized carbons (Fsp3) is 0.348. The number of aryl methyl sites for hydroxylation is 1. The number of amides is 1. The molecular formula is C23H27N5O3. The van der Waals surface area contributed by atoms with E-state index in [1.54, 1.807) is 25.1 Å². The highest BCUT2D eigenvalue weighted by molar-refractivity contribution is 6.05. The number of carbonyl (C=O) groups is 1. The summed E-state index contributed by atoms with van der Waals surface area (Å²) in [5.41, 5.74) is 2.06. The third-order valence-electron chi connectivity index (χ3n) is 5.74. The average Bonchev–Trinajstić information content (AvgIpc) is 2.76. The number of nitrogens with one attached hydrogen (secondary N) is 2. The van der Waals surface area contributed by atoms with Crippen LogP contribution in [0.5, 0.6) is 0 Å². The molecule has 1 amide bonds. The molecule has 8 nitrogen and oxygen atoms in total. The smallest absolute Gasteiger partial charge is 0.316 e. The number of aromatic nitrogens is 2. The molecule has 2 aromatic carbocycles. The number of hydrogen-bond donors (Lipinski definition) is 2. The van der Waals surface area contributed by atoms with Gasteiger partial charge in [-0.15, -0.1) is 0 Å². The van der Waals surface area contributed by atoms with Crippen molar-refractivity contribution in [3.8, 4) is 0 Å². The Kier molecular flexibility index (Phi) is 6.01. The molecule has 1 aliphatic heterocycles. The maximum Gasteiger partial charge on any atom is 0.316 e. The highest BCUT2D eigenvalue weighted by Crippen LogP contribution is 2.17. The summed E-state index contributed by atoms with van der Waals surface area (Å²) in [6.45, 7) is 7.22. The number of carbonyl (C=O) groups excluding carboxylic acids is 1. The van der Waals surface area contributed by atoms with E-state index in [1.165, 1.54) is 4.57 Å². The first-order valence-electron chi connectivity index (χ1n) is 10.5. The molecule has 4 rings (SSSR count). The first-order chi connectivity index (χ1) is 14.9. The van der Waals surface area contributed by atoms with Gasteiger partial charge in [-0.3, -0.25) is 19.3 Å². The van der Waals surface area contributed by atoms with E-state index in [1.807, 2.05) is 18.2 Å². The van der Waals surface area contributed by atoms with Crippen LogP contribution in [0.15, 0.2) is 52.1 Å². The van der Waals surface area contributed by atoms with Gasteiger partial charge in [-0.25, -0.2) is 0 Å². The number of likely N-dealkylation sites (N-methyl/N-ethyl adjacent to an activating group) is 1. The lowest BCUT2D eigenvalue weighted by atomic mass is 10.1. The summed E-state index contributed by atoms with van der Waals surface area (Å²) in [5, 5.41) is 2.94. The quantitative estimate of drug-likeness (QED) is 0.612. The first kappa shape index (κ1) is 21.0. The third kappa shape index (κ3) is 4.60. The molecular weight excluding hydrogens is 394 g/mol. The van der Waals surface area contributed by atoms with E-state index < -0.39 is 11.1 Å². The number of piperazine rings is 1. The predicted molar refractivity (Wildman–Crippen MR) is 122 cm³/mol. The monoisotopic (exact) mass is 421 g/mol. The Bertz CT molecular complexity index is 1220. The van der Waals surface area contributed by atoms with E-state index in [0.717, 1.165) is 44.0 Å². The van der Waals surface area contributed by atoms with Crippen molar-refractivity contribution < 1.29 is 4.79 Å². The molecule has 2 heterocycles. The molecule has 31 heavy (non-hydrogen) atoms. The van der Waals surface area contributed by atoms with Crippen molar-refractivity contribution in [3.05, 3.63) is 74.3 Å². The Hall–Kier alpha value is -3.23. The first-order valence-corrected chi connectivity index (χ1v) is 10.5. The zero-order chi connectivity index (χ0) is 22.0. The molecule has 8 heteroatoms. The van der Waals surface area contributed by atoms with Gasteiger partial charge in [0, 0.05) is 50.5 Å². The van der Waals surface area contributed by atoms with Gasteiger partial charge in [0.1, 0.15) is 0 Å². The number of anilines is 1. The Morgan fingerprint density at radius 3 is 2.58 bits per heavy atom. The van der Waals surface area contributed by atoms with Gasteiger partial charge in [-0.2, -0.15) is 0 Å². The van der Waals surface area contributed by atoms with Crippen molar-refractivity contribution in [1.82, 2.24) is 19.4 Å². The van der Waals surface area contributed by atoms with E-state index in [2.05, 4.69) is 33.2 Å². The Labute approximate surface area is 180 Å². The number of aromatic amines is 1. The minimum atomic E-state index is -0.691. The van der Waals surface area contributed by atoms with Crippen LogP contribution in [0.3, 0.4) is 0 Å². The second-order valence-electron chi connectivity index (χ2n) is 7.97. The lowest BCUT2D eigenvalue weighted by Crippen LogP contribution is -2.43. The van der Waals surface area contributed by atoms with Crippen molar-refractivity contribution in [3.63, 3.8) is 0 Å². The molecule has 0 aliphatic carbocycles. The number of H-pyrrole nitrogens is 1. The van der Waals surface area contributed by atoms with Crippen LogP contribution in [0.1, 0.15) is 22.8 Å². The Morgan fingerprint density at radius 1 is 1.06 bits per heavy atom. The van der Waals surface area contributed by atoms with E-state index in [4.69, 9.17) is 0 Å². The number of benzene rings is 2. The zero-order valence-electron chi connectivity index (χ0n) is 17.9. The highest BCUT2D eigenvalue weighted by Gasteiger charge is 2.15. The molecule has 1 fully saturated rings. The van der Waals surface area contributed by atoms with Gasteiger partial charge in [0.2, 0.25) is 0 Å². The maximum atomic E-state index is 12.8. The molecule has 0 radical (unpaired) electrons. The summed E-state index contributed by atoms with van der Waals surface area (Å²) in [6.07, 6.45) is 0. The number of hydrogen-bond acceptors (Lipinski definition) is 5. The van der Waals surface area contributed by atoms with Crippen LogP contribution in [0.2, 0.25) is 0 Å². The van der Waals surface area contributed by atoms with Crippen LogP contribution in [0.4, 0.5) is 5.69 Å². The topological polar surface area (TPSA) is 90.4 Å². The van der Waals surface area contributed by atoms with Crippen LogP contribution in [0, 0.1) is 0 Å². The lowest BCUT2D eigenvalue weighted by Gasteiger charge is -2.32. The molecule has 0 unspecified atom stereocenters. The standard InChI is InChI=1S/C23H27N5O3/c1-3-28-20-8-7-17(14-19(20)25-22(30)23(28)31)21(29)24-18-6-4-5-16(13-18)15-27-11-9-26(2)10-12-27/h4-8,13-14H,3,9-12,15H2,1-2H3,(H,24,29)(H,25,30). The summed E-state index contributed by atoms with van der Waals surface area (Å²) in [5.74, 6) is -0.270. The van der Waals surface area contributed by atoms with Gasteiger partial charge >= 0.3 is 11.1 Å². The minimum absolute atomic E-state index is 0.270. The number of nitrogens with zero attached hydrogens (tertiary/aromatic N) is 3. The average molecular weight is 422 g/mol. The minimum Gasteiger partial charge on any atom is -0.322 e. The highest BCUT2D eigenvalue weighted by atomic mass is 16.2. The summed E-state index contributed by atoms with van der Waals surface area (Å²) < 4.78 is 1.40. The predicted octanol–water partition coefficient (Wildman–Crippen LogP) is 1.71. The van der Waals surface area contributed by atoms with E-state index in [9.17, 15) is 14.4 Å². The molecule has 0 atom stereocenters. The maximum absolute atomic E-state index is 12.8. The van der Waals surface area contributed by atoms with Crippen molar-refractivity contribution in [1.29, 1.82) is 0 Å². The van der Waals surface area contributed by atoms with Gasteiger partial charge < -0.3 is 19.8 Å². The second kappa shape index (κ2) is 8.87. The van der Waals surface area contributed by atoms with Crippen LogP contribution in [0.25, 0.3) is 11.0 Å². The SMILES string of the molecule is CCn1c(=O)c(=O)[nH]c2cc(C(=O)Nc3cccc(CN4CCN(C)CC4)c3)ccc21. The zero-order valence-corrected chi connectivity index (χ0v) is 17.9. The second-order valence-corrected chi connectivity index (χ2v) is 7.97. The fourth-order valence-corrected chi connectivity index (χ4v) is 3.95. The fourth-order valence-electron chi connectivity index (χ4n) is 3.95. The van der Waals surface area contributed by atoms with Gasteiger partial charge in [0.15, 0.2) is 0 Å².